The van der Waals surface area contributed by atoms with Crippen molar-refractivity contribution in [3.8, 4) is 0 Å². The summed E-state index contributed by atoms with van der Waals surface area (Å²) < 4.78 is 0. The molecular formula is C26H22N4O4. The maximum Gasteiger partial charge on any atom is 0.282 e. The minimum absolute atomic E-state index is 0.0703. The average Bonchev–Trinajstić information content (AvgIpc) is 3.15. The van der Waals surface area contributed by atoms with E-state index in [2.05, 4.69) is 17.0 Å². The molecule has 0 bridgehead atoms. The number of nitro groups is 1. The molecule has 8 heteroatoms. The van der Waals surface area contributed by atoms with Crippen LogP contribution in [-0.4, -0.2) is 47.8 Å². The molecular weight excluding hydrogens is 432 g/mol. The second kappa shape index (κ2) is 8.82. The Morgan fingerprint density at radius 1 is 0.647 bits per heavy atom. The fourth-order valence-electron chi connectivity index (χ4n) is 4.46. The summed E-state index contributed by atoms with van der Waals surface area (Å²) in [5.41, 5.74) is 2.65. The van der Waals surface area contributed by atoms with Gasteiger partial charge in [0.1, 0.15) is 5.70 Å². The fraction of sp³-hybridized carbons (Fsp3) is 0.154. The Kier molecular flexibility index (Phi) is 5.55. The van der Waals surface area contributed by atoms with Gasteiger partial charge in [0.05, 0.1) is 16.2 Å². The molecule has 1 fully saturated rings. The van der Waals surface area contributed by atoms with Crippen molar-refractivity contribution in [3.63, 3.8) is 0 Å². The maximum absolute atomic E-state index is 13.6. The van der Waals surface area contributed by atoms with E-state index in [4.69, 9.17) is 0 Å². The molecule has 0 radical (unpaired) electrons. The van der Waals surface area contributed by atoms with Crippen molar-refractivity contribution in [3.05, 3.63) is 106 Å². The molecule has 170 valence electrons. The molecule has 0 spiro atoms. The van der Waals surface area contributed by atoms with Gasteiger partial charge in [0.2, 0.25) is 0 Å². The third-order valence-corrected chi connectivity index (χ3v) is 6.16. The van der Waals surface area contributed by atoms with Crippen LogP contribution in [0.1, 0.15) is 5.56 Å². The lowest BCUT2D eigenvalue weighted by Crippen LogP contribution is -2.47. The first kappa shape index (κ1) is 21.4. The number of amides is 2. The van der Waals surface area contributed by atoms with Gasteiger partial charge in [-0.2, -0.15) is 0 Å². The SMILES string of the molecule is O=C1C(c2ccc([N+](=O)[O-])cc2)=C(N2CCN(c3ccccc3)CC2)C(=O)N1c1ccccc1. The van der Waals surface area contributed by atoms with Crippen LogP contribution in [0.15, 0.2) is 90.6 Å². The highest BCUT2D eigenvalue weighted by Gasteiger charge is 2.43. The zero-order valence-electron chi connectivity index (χ0n) is 18.3. The van der Waals surface area contributed by atoms with Gasteiger partial charge in [-0.1, -0.05) is 36.4 Å². The van der Waals surface area contributed by atoms with Crippen molar-refractivity contribution in [1.29, 1.82) is 0 Å². The van der Waals surface area contributed by atoms with E-state index in [0.29, 0.717) is 43.1 Å². The average molecular weight is 454 g/mol. The summed E-state index contributed by atoms with van der Waals surface area (Å²) in [5.74, 6) is -0.803. The Bertz CT molecular complexity index is 1270. The maximum atomic E-state index is 13.6. The summed E-state index contributed by atoms with van der Waals surface area (Å²) in [5, 5.41) is 11.1. The minimum atomic E-state index is -0.486. The van der Waals surface area contributed by atoms with Gasteiger partial charge in [0.25, 0.3) is 17.5 Å². The number of nitro benzene ring substituents is 1. The number of anilines is 2. The fourth-order valence-corrected chi connectivity index (χ4v) is 4.46. The van der Waals surface area contributed by atoms with Gasteiger partial charge in [-0.3, -0.25) is 19.7 Å². The van der Waals surface area contributed by atoms with Gasteiger partial charge in [-0.15, -0.1) is 0 Å². The summed E-state index contributed by atoms with van der Waals surface area (Å²) >= 11 is 0. The van der Waals surface area contributed by atoms with Crippen molar-refractivity contribution in [1.82, 2.24) is 4.90 Å². The predicted molar refractivity (Wildman–Crippen MR) is 129 cm³/mol. The number of para-hydroxylation sites is 2. The highest BCUT2D eigenvalue weighted by Crippen LogP contribution is 2.36. The lowest BCUT2D eigenvalue weighted by molar-refractivity contribution is -0.384. The molecule has 8 nitrogen and oxygen atoms in total. The van der Waals surface area contributed by atoms with E-state index in [-0.39, 0.29) is 17.2 Å². The highest BCUT2D eigenvalue weighted by atomic mass is 16.6. The summed E-state index contributed by atoms with van der Waals surface area (Å²) in [4.78, 5) is 43.2. The molecule has 0 aliphatic carbocycles. The number of carbonyl (C=O) groups is 2. The van der Waals surface area contributed by atoms with Crippen LogP contribution in [-0.2, 0) is 9.59 Å². The van der Waals surface area contributed by atoms with Gasteiger partial charge in [-0.25, -0.2) is 4.90 Å². The first-order valence-electron chi connectivity index (χ1n) is 11.0. The van der Waals surface area contributed by atoms with Crippen molar-refractivity contribution in [2.45, 2.75) is 0 Å². The Hall–Kier alpha value is -4.46. The van der Waals surface area contributed by atoms with Crippen LogP contribution in [0.25, 0.3) is 5.57 Å². The van der Waals surface area contributed by atoms with Crippen LogP contribution in [0.2, 0.25) is 0 Å². The molecule has 0 unspecified atom stereocenters. The van der Waals surface area contributed by atoms with Crippen LogP contribution < -0.4 is 9.80 Å². The first-order chi connectivity index (χ1) is 16.5. The largest absolute Gasteiger partial charge is 0.368 e. The number of benzene rings is 3. The zero-order chi connectivity index (χ0) is 23.7. The van der Waals surface area contributed by atoms with E-state index in [1.165, 1.54) is 29.2 Å². The van der Waals surface area contributed by atoms with E-state index in [1.54, 1.807) is 24.3 Å². The highest BCUT2D eigenvalue weighted by molar-refractivity contribution is 6.45. The summed E-state index contributed by atoms with van der Waals surface area (Å²) in [6, 6.07) is 24.7. The minimum Gasteiger partial charge on any atom is -0.368 e. The van der Waals surface area contributed by atoms with Crippen molar-refractivity contribution in [2.24, 2.45) is 0 Å². The van der Waals surface area contributed by atoms with Gasteiger partial charge in [0.15, 0.2) is 0 Å². The molecule has 1 saturated heterocycles. The zero-order valence-corrected chi connectivity index (χ0v) is 18.3. The molecule has 3 aromatic carbocycles. The van der Waals surface area contributed by atoms with Crippen LogP contribution in [0.3, 0.4) is 0 Å². The lowest BCUT2D eigenvalue weighted by Gasteiger charge is -2.37. The number of non-ortho nitro benzene ring substituents is 1. The number of piperazine rings is 1. The number of nitrogens with zero attached hydrogens (tertiary/aromatic N) is 4. The predicted octanol–water partition coefficient (Wildman–Crippen LogP) is 3.70. The van der Waals surface area contributed by atoms with Crippen LogP contribution in [0.5, 0.6) is 0 Å². The number of rotatable bonds is 5. The third kappa shape index (κ3) is 3.79. The van der Waals surface area contributed by atoms with E-state index in [0.717, 1.165) is 5.69 Å². The molecule has 0 saturated carbocycles. The van der Waals surface area contributed by atoms with Crippen molar-refractivity contribution in [2.75, 3.05) is 36.0 Å². The van der Waals surface area contributed by atoms with E-state index >= 15 is 0 Å². The molecule has 34 heavy (non-hydrogen) atoms. The molecule has 5 rings (SSSR count). The molecule has 3 aromatic rings. The molecule has 2 aliphatic rings. The Labute approximate surface area is 196 Å². The van der Waals surface area contributed by atoms with E-state index < -0.39 is 10.8 Å². The topological polar surface area (TPSA) is 87.0 Å². The quantitative estimate of drug-likeness (QED) is 0.332. The first-order valence-corrected chi connectivity index (χ1v) is 11.0. The second-order valence-electron chi connectivity index (χ2n) is 8.12. The smallest absolute Gasteiger partial charge is 0.282 e. The van der Waals surface area contributed by atoms with Gasteiger partial charge in [-0.05, 0) is 42.0 Å². The number of imide groups is 1. The number of hydrogen-bond acceptors (Lipinski definition) is 6. The Balaban J connectivity index is 1.51. The molecule has 0 aromatic heterocycles. The van der Waals surface area contributed by atoms with E-state index in [1.807, 2.05) is 29.2 Å². The summed E-state index contributed by atoms with van der Waals surface area (Å²) in [6.07, 6.45) is 0. The normalized spacial score (nSPS) is 16.4. The molecule has 0 atom stereocenters. The lowest BCUT2D eigenvalue weighted by atomic mass is 10.0. The number of hydrogen-bond donors (Lipinski definition) is 0. The van der Waals surface area contributed by atoms with Crippen molar-refractivity contribution < 1.29 is 14.5 Å². The number of carbonyl (C=O) groups excluding carboxylic acids is 2. The van der Waals surface area contributed by atoms with Crippen LogP contribution >= 0.6 is 0 Å². The van der Waals surface area contributed by atoms with Crippen LogP contribution in [0, 0.1) is 10.1 Å². The standard InChI is InChI=1S/C26H22N4O4/c31-25-23(19-11-13-22(14-12-19)30(33)34)24(26(32)29(25)21-9-5-2-6-10-21)28-17-15-27(16-18-28)20-7-3-1-4-8-20/h1-14H,15-18H2. The van der Waals surface area contributed by atoms with Crippen molar-refractivity contribution >= 4 is 34.4 Å². The Morgan fingerprint density at radius 3 is 1.74 bits per heavy atom. The van der Waals surface area contributed by atoms with Gasteiger partial charge < -0.3 is 9.80 Å². The summed E-state index contributed by atoms with van der Waals surface area (Å²) in [6.45, 7) is 2.55. The molecule has 0 N–H and O–H groups in total. The van der Waals surface area contributed by atoms with E-state index in [9.17, 15) is 19.7 Å². The molecule has 2 amide bonds. The Morgan fingerprint density at radius 2 is 1.18 bits per heavy atom. The third-order valence-electron chi connectivity index (χ3n) is 6.16. The van der Waals surface area contributed by atoms with Gasteiger partial charge >= 0.3 is 0 Å². The molecule has 2 aliphatic heterocycles. The monoisotopic (exact) mass is 454 g/mol. The van der Waals surface area contributed by atoms with Crippen LogP contribution in [0.4, 0.5) is 17.1 Å². The second-order valence-corrected chi connectivity index (χ2v) is 8.12. The summed E-state index contributed by atoms with van der Waals surface area (Å²) in [7, 11) is 0. The molecule has 2 heterocycles. The van der Waals surface area contributed by atoms with Gasteiger partial charge in [0, 0.05) is 44.0 Å².